The van der Waals surface area contributed by atoms with Crippen LogP contribution in [0.5, 0.6) is 0 Å². The van der Waals surface area contributed by atoms with Crippen LogP contribution in [-0.2, 0) is 6.54 Å². The first kappa shape index (κ1) is 16.9. The van der Waals surface area contributed by atoms with Gasteiger partial charge in [0.1, 0.15) is 5.82 Å². The molecule has 7 heteroatoms. The Labute approximate surface area is 143 Å². The van der Waals surface area contributed by atoms with E-state index in [9.17, 15) is 4.39 Å². The van der Waals surface area contributed by atoms with Gasteiger partial charge in [0.05, 0.1) is 10.2 Å². The zero-order valence-corrected chi connectivity index (χ0v) is 14.9. The molecule has 0 aliphatic rings. The summed E-state index contributed by atoms with van der Waals surface area (Å²) in [5.74, 6) is -0.289. The monoisotopic (exact) mass is 384 g/mol. The van der Waals surface area contributed by atoms with Gasteiger partial charge in [-0.3, -0.25) is 4.68 Å². The van der Waals surface area contributed by atoms with Crippen LogP contribution in [0, 0.1) is 19.7 Å². The van der Waals surface area contributed by atoms with E-state index in [1.54, 1.807) is 12.1 Å². The molecule has 0 fully saturated rings. The molecule has 0 saturated carbocycles. The number of benzene rings is 1. The van der Waals surface area contributed by atoms with Gasteiger partial charge in [0.25, 0.3) is 0 Å². The fourth-order valence-electron chi connectivity index (χ4n) is 2.07. The van der Waals surface area contributed by atoms with E-state index in [1.807, 2.05) is 18.5 Å². The minimum Gasteiger partial charge on any atom is -0.362 e. The van der Waals surface area contributed by atoms with E-state index in [0.29, 0.717) is 10.8 Å². The maximum atomic E-state index is 13.1. The largest absolute Gasteiger partial charge is 0.362 e. The van der Waals surface area contributed by atoms with Gasteiger partial charge in [-0.1, -0.05) is 6.07 Å². The second-order valence-corrected chi connectivity index (χ2v) is 6.15. The average molecular weight is 385 g/mol. The highest BCUT2D eigenvalue weighted by Crippen LogP contribution is 2.19. The number of hydrogen-bond acceptors (Lipinski definition) is 2. The maximum Gasteiger partial charge on any atom is 0.170 e. The highest BCUT2D eigenvalue weighted by Gasteiger charge is 2.07. The van der Waals surface area contributed by atoms with E-state index in [2.05, 4.69) is 31.7 Å². The molecule has 2 N–H and O–H groups in total. The maximum absolute atomic E-state index is 13.1. The van der Waals surface area contributed by atoms with Crippen molar-refractivity contribution in [1.82, 2.24) is 15.1 Å². The molecular formula is C15H18BrFN4S. The van der Waals surface area contributed by atoms with E-state index in [-0.39, 0.29) is 5.82 Å². The quantitative estimate of drug-likeness (QED) is 0.607. The van der Waals surface area contributed by atoms with Gasteiger partial charge in [0.2, 0.25) is 0 Å². The molecule has 0 amide bonds. The first-order valence-corrected chi connectivity index (χ1v) is 8.17. The fourth-order valence-corrected chi connectivity index (χ4v) is 2.57. The summed E-state index contributed by atoms with van der Waals surface area (Å²) < 4.78 is 16.1. The molecule has 118 valence electrons. The van der Waals surface area contributed by atoms with Gasteiger partial charge in [0, 0.05) is 24.5 Å². The van der Waals surface area contributed by atoms with Gasteiger partial charge in [-0.25, -0.2) is 4.39 Å². The normalized spacial score (nSPS) is 10.5. The van der Waals surface area contributed by atoms with Crippen LogP contribution in [0.3, 0.4) is 0 Å². The number of nitrogens with one attached hydrogen (secondary N) is 2. The molecule has 2 rings (SSSR count). The molecule has 0 aliphatic carbocycles. The molecule has 0 radical (unpaired) electrons. The Balaban J connectivity index is 1.74. The van der Waals surface area contributed by atoms with Crippen molar-refractivity contribution in [2.75, 3.05) is 11.9 Å². The summed E-state index contributed by atoms with van der Waals surface area (Å²) in [5.41, 5.74) is 2.76. The fraction of sp³-hybridized carbons (Fsp3) is 0.333. The van der Waals surface area contributed by atoms with E-state index < -0.39 is 0 Å². The number of rotatable bonds is 5. The van der Waals surface area contributed by atoms with Crippen molar-refractivity contribution in [3.05, 3.63) is 45.9 Å². The number of aromatic nitrogens is 2. The van der Waals surface area contributed by atoms with Gasteiger partial charge >= 0.3 is 0 Å². The summed E-state index contributed by atoms with van der Waals surface area (Å²) >= 11 is 8.70. The third kappa shape index (κ3) is 4.51. The molecule has 0 spiro atoms. The zero-order chi connectivity index (χ0) is 16.1. The van der Waals surface area contributed by atoms with Gasteiger partial charge in [0.15, 0.2) is 5.11 Å². The Morgan fingerprint density at radius 3 is 2.82 bits per heavy atom. The summed E-state index contributed by atoms with van der Waals surface area (Å²) in [6, 6.07) is 6.21. The van der Waals surface area contributed by atoms with Crippen molar-refractivity contribution < 1.29 is 4.39 Å². The number of hydrogen-bond donors (Lipinski definition) is 2. The highest BCUT2D eigenvalue weighted by atomic mass is 79.9. The topological polar surface area (TPSA) is 41.9 Å². The second-order valence-electron chi connectivity index (χ2n) is 4.95. The van der Waals surface area contributed by atoms with E-state index in [0.717, 1.165) is 35.4 Å². The standard InChI is InChI=1S/C15H18BrFN4S/c1-10-14(16)11(2)21(20-10)8-4-7-18-15(22)19-13-6-3-5-12(17)9-13/h3,5-6,9H,4,7-8H2,1-2H3,(H2,18,19,22). The Morgan fingerprint density at radius 2 is 2.18 bits per heavy atom. The predicted molar refractivity (Wildman–Crippen MR) is 94.6 cm³/mol. The van der Waals surface area contributed by atoms with Crippen molar-refractivity contribution in [1.29, 1.82) is 0 Å². The summed E-state index contributed by atoms with van der Waals surface area (Å²) in [5, 5.41) is 11.0. The van der Waals surface area contributed by atoms with E-state index in [1.165, 1.54) is 12.1 Å². The molecule has 0 saturated heterocycles. The summed E-state index contributed by atoms with van der Waals surface area (Å²) in [7, 11) is 0. The number of thiocarbonyl (C=S) groups is 1. The lowest BCUT2D eigenvalue weighted by Crippen LogP contribution is -2.29. The highest BCUT2D eigenvalue weighted by molar-refractivity contribution is 9.10. The smallest absolute Gasteiger partial charge is 0.170 e. The summed E-state index contributed by atoms with van der Waals surface area (Å²) in [6.45, 7) is 5.54. The molecule has 1 aromatic heterocycles. The predicted octanol–water partition coefficient (Wildman–Crippen LogP) is 3.78. The number of anilines is 1. The van der Waals surface area contributed by atoms with Gasteiger partial charge in [-0.2, -0.15) is 5.10 Å². The lowest BCUT2D eigenvalue weighted by Gasteiger charge is -2.11. The molecule has 22 heavy (non-hydrogen) atoms. The first-order valence-electron chi connectivity index (χ1n) is 6.97. The minimum atomic E-state index is -0.289. The number of aryl methyl sites for hydroxylation is 2. The molecule has 0 bridgehead atoms. The lowest BCUT2D eigenvalue weighted by molar-refractivity contribution is 0.558. The van der Waals surface area contributed by atoms with Gasteiger partial charge in [-0.15, -0.1) is 0 Å². The van der Waals surface area contributed by atoms with Crippen molar-refractivity contribution in [2.24, 2.45) is 0 Å². The Morgan fingerprint density at radius 1 is 1.41 bits per heavy atom. The Kier molecular flexibility index (Phi) is 5.90. The molecular weight excluding hydrogens is 367 g/mol. The number of nitrogens with zero attached hydrogens (tertiary/aromatic N) is 2. The molecule has 2 aromatic rings. The minimum absolute atomic E-state index is 0.289. The lowest BCUT2D eigenvalue weighted by atomic mass is 10.3. The third-order valence-electron chi connectivity index (χ3n) is 3.21. The second kappa shape index (κ2) is 7.69. The van der Waals surface area contributed by atoms with Crippen LogP contribution in [-0.4, -0.2) is 21.4 Å². The Hall–Kier alpha value is -1.47. The van der Waals surface area contributed by atoms with Gasteiger partial charge < -0.3 is 10.6 Å². The van der Waals surface area contributed by atoms with Crippen molar-refractivity contribution in [2.45, 2.75) is 26.8 Å². The number of halogens is 2. The van der Waals surface area contributed by atoms with Crippen molar-refractivity contribution in [3.8, 4) is 0 Å². The molecule has 1 heterocycles. The van der Waals surface area contributed by atoms with Crippen LogP contribution >= 0.6 is 28.1 Å². The van der Waals surface area contributed by atoms with Crippen LogP contribution in [0.25, 0.3) is 0 Å². The molecule has 0 unspecified atom stereocenters. The van der Waals surface area contributed by atoms with Crippen molar-refractivity contribution in [3.63, 3.8) is 0 Å². The summed E-state index contributed by atoms with van der Waals surface area (Å²) in [6.07, 6.45) is 0.888. The summed E-state index contributed by atoms with van der Waals surface area (Å²) in [4.78, 5) is 0. The van der Waals surface area contributed by atoms with Crippen LogP contribution < -0.4 is 10.6 Å². The van der Waals surface area contributed by atoms with Crippen LogP contribution in [0.1, 0.15) is 17.8 Å². The molecule has 0 atom stereocenters. The van der Waals surface area contributed by atoms with Crippen LogP contribution in [0.2, 0.25) is 0 Å². The Bertz CT molecular complexity index is 672. The van der Waals surface area contributed by atoms with Gasteiger partial charge in [-0.05, 0) is 66.6 Å². The molecule has 0 aliphatic heterocycles. The van der Waals surface area contributed by atoms with Crippen LogP contribution in [0.15, 0.2) is 28.7 Å². The molecule has 1 aromatic carbocycles. The zero-order valence-electron chi connectivity index (χ0n) is 12.5. The first-order chi connectivity index (χ1) is 10.5. The molecule has 4 nitrogen and oxygen atoms in total. The van der Waals surface area contributed by atoms with E-state index in [4.69, 9.17) is 12.2 Å². The van der Waals surface area contributed by atoms with E-state index >= 15 is 0 Å². The van der Waals surface area contributed by atoms with Crippen molar-refractivity contribution >= 4 is 38.9 Å². The average Bonchev–Trinajstić information content (AvgIpc) is 2.71. The third-order valence-corrected chi connectivity index (χ3v) is 4.60. The SMILES string of the molecule is Cc1nn(CCCNC(=S)Nc2cccc(F)c2)c(C)c1Br. The van der Waals surface area contributed by atoms with Crippen LogP contribution in [0.4, 0.5) is 10.1 Å².